The van der Waals surface area contributed by atoms with E-state index in [1.807, 2.05) is 48.5 Å². The number of amides is 11. The van der Waals surface area contributed by atoms with Crippen molar-refractivity contribution >= 4 is 76.6 Å². The average Bonchev–Trinajstić information content (AvgIpc) is 0.836. The van der Waals surface area contributed by atoms with Crippen LogP contribution in [-0.4, -0.2) is 227 Å². The van der Waals surface area contributed by atoms with Gasteiger partial charge in [-0.25, -0.2) is 0 Å². The fourth-order valence-corrected chi connectivity index (χ4v) is 12.9. The van der Waals surface area contributed by atoms with Crippen molar-refractivity contribution in [3.63, 3.8) is 0 Å². The summed E-state index contributed by atoms with van der Waals surface area (Å²) in [6, 6.07) is -9.23. The van der Waals surface area contributed by atoms with Crippen molar-refractivity contribution in [2.24, 2.45) is 41.4 Å². The van der Waals surface area contributed by atoms with Crippen molar-refractivity contribution < 1.29 is 65.9 Å². The van der Waals surface area contributed by atoms with Crippen LogP contribution in [0.2, 0.25) is 0 Å². The van der Waals surface area contributed by atoms with E-state index in [-0.39, 0.29) is 93.8 Å². The van der Waals surface area contributed by atoms with Gasteiger partial charge < -0.3 is 55.6 Å². The number of halogens is 4. The highest BCUT2D eigenvalue weighted by atomic mass is 35.5. The number of nitrogens with zero attached hydrogens (tertiary/aromatic N) is 7. The van der Waals surface area contributed by atoms with E-state index in [2.05, 4.69) is 21.3 Å². The summed E-state index contributed by atoms with van der Waals surface area (Å²) < 4.78 is 41.8. The van der Waals surface area contributed by atoms with Gasteiger partial charge in [-0.15, -0.1) is 11.6 Å². The van der Waals surface area contributed by atoms with Crippen molar-refractivity contribution in [1.29, 1.82) is 0 Å². The van der Waals surface area contributed by atoms with Crippen LogP contribution in [0.5, 0.6) is 0 Å². The molecule has 1 aliphatic heterocycles. The van der Waals surface area contributed by atoms with Crippen molar-refractivity contribution in [2.75, 3.05) is 62.4 Å². The lowest BCUT2D eigenvalue weighted by Gasteiger charge is -2.39. The maximum Gasteiger partial charge on any atom is 0.393 e. The second-order valence-electron chi connectivity index (χ2n) is 28.6. The fourth-order valence-electron chi connectivity index (χ4n) is 12.4. The van der Waals surface area contributed by atoms with E-state index in [1.54, 1.807) is 13.8 Å². The zero-order valence-electron chi connectivity index (χ0n) is 58.6. The van der Waals surface area contributed by atoms with Crippen molar-refractivity contribution in [2.45, 2.75) is 251 Å². The van der Waals surface area contributed by atoms with Crippen LogP contribution >= 0.6 is 11.6 Å². The summed E-state index contributed by atoms with van der Waals surface area (Å²) in [6.45, 7) is 19.8. The van der Waals surface area contributed by atoms with E-state index >= 15 is 0 Å². The van der Waals surface area contributed by atoms with Gasteiger partial charge >= 0.3 is 6.18 Å². The Balaban J connectivity index is 2.22. The van der Waals surface area contributed by atoms with Gasteiger partial charge in [-0.2, -0.15) is 13.2 Å². The predicted molar refractivity (Wildman–Crippen MR) is 347 cm³/mol. The number of rotatable bonds is 13. The van der Waals surface area contributed by atoms with Gasteiger partial charge in [0.25, 0.3) is 0 Å². The lowest BCUT2D eigenvalue weighted by atomic mass is 9.78. The van der Waals surface area contributed by atoms with E-state index in [4.69, 9.17) is 11.6 Å². The van der Waals surface area contributed by atoms with E-state index in [9.17, 15) is 65.9 Å². The first-order chi connectivity index (χ1) is 42.6. The lowest BCUT2D eigenvalue weighted by molar-refractivity contribution is -0.182. The number of nitrogens with one attached hydrogen (secondary N) is 4. The normalized spacial score (nSPS) is 29.0. The van der Waals surface area contributed by atoms with Crippen LogP contribution < -0.4 is 21.3 Å². The van der Waals surface area contributed by atoms with Gasteiger partial charge in [-0.3, -0.25) is 52.7 Å². The molecule has 3 aliphatic rings. The smallest absolute Gasteiger partial charge is 0.343 e. The molecule has 0 spiro atoms. The monoisotopic (exact) mass is 1330 g/mol. The van der Waals surface area contributed by atoms with Crippen LogP contribution in [-0.2, 0) is 52.7 Å². The number of hydrogen-bond donors (Lipinski definition) is 4. The number of carbonyl (C=O) groups excluding carboxylic acids is 11. The molecule has 4 N–H and O–H groups in total. The van der Waals surface area contributed by atoms with Gasteiger partial charge in [-0.1, -0.05) is 93.9 Å². The molecule has 3 unspecified atom stereocenters. The maximum absolute atomic E-state index is 14.9. The number of alkyl halides is 4. The van der Waals surface area contributed by atoms with E-state index in [1.165, 1.54) is 94.6 Å². The maximum atomic E-state index is 14.9. The van der Waals surface area contributed by atoms with Crippen LogP contribution in [0.3, 0.4) is 0 Å². The Morgan fingerprint density at radius 1 is 0.543 bits per heavy atom. The predicted octanol–water partition coefficient (Wildman–Crippen LogP) is 6.35. The topological polar surface area (TPSA) is 259 Å². The Morgan fingerprint density at radius 2 is 1.08 bits per heavy atom. The molecule has 12 atom stereocenters. The second kappa shape index (κ2) is 35.7. The molecule has 11 amide bonds. The molecule has 3 rings (SSSR count). The molecule has 22 nitrogen and oxygen atoms in total. The standard InChI is InChI=1S/C66H113ClF3N11O11/c1-20-41(8)56-63(91)76(14)36-54(83)75(13)37-55(84)80(18)52(35-44-24-22-21-23-25-44)62(90)78(16)43(10)57(85)71-48(29-27-45-26-28-46(47(67)34-45)66(68,69)70)58(86)72-50(31-39(4)5)61(89)81(19)65(11,12)64(92)73-49(30-38(2)3)60(88)77(15)42(9)33-53(82)79(17)51(32-40(6)7)59(87)74-56/h38-52,56H,20-37H2,1-19H3,(H,71,85)(H,72,86)(H,73,92)(H,74,87)/t41-,42+,43+,45?,46?,47?,48-,49-,50-,51-,52-,56-/m0/s1. The Kier molecular flexibility index (Phi) is 31.2. The van der Waals surface area contributed by atoms with Crippen molar-refractivity contribution in [1.82, 2.24) is 55.6 Å². The van der Waals surface area contributed by atoms with Gasteiger partial charge in [0.05, 0.1) is 19.0 Å². The van der Waals surface area contributed by atoms with E-state index in [0.717, 1.165) is 41.9 Å². The summed E-state index contributed by atoms with van der Waals surface area (Å²) in [7, 11) is 10.0. The number of hydrogen-bond acceptors (Lipinski definition) is 11. The molecule has 3 fully saturated rings. The third kappa shape index (κ3) is 22.7. The summed E-state index contributed by atoms with van der Waals surface area (Å²) in [5.41, 5.74) is -1.68. The SMILES string of the molecule is CC[C@H](C)[C@@H]1NC(=O)[C@H](CC(C)C)N(C)C(=O)C[C@@H](C)N(C)C(=O)[C@H](CC(C)C)NC(=O)C(C)(C)N(C)C(=O)[C@H](CC(C)C)NC(=O)[C@H](CCC2CCC(C(F)(F)F)C(Cl)C2)NC(=O)[C@@H](C)N(C)C(=O)[C@H](CC2CCCCC2)N(C)C(=O)CN(C)C(=O)CN(C)C1=O. The highest BCUT2D eigenvalue weighted by Gasteiger charge is 2.48. The van der Waals surface area contributed by atoms with Crippen molar-refractivity contribution in [3.8, 4) is 0 Å². The highest BCUT2D eigenvalue weighted by molar-refractivity contribution is 6.20. The molecular formula is C66H113ClF3N11O11. The third-order valence-electron chi connectivity index (χ3n) is 19.6. The zero-order valence-corrected chi connectivity index (χ0v) is 59.4. The molecule has 1 heterocycles. The molecule has 0 radical (unpaired) electrons. The van der Waals surface area contributed by atoms with E-state index < -0.39 is 155 Å². The summed E-state index contributed by atoms with van der Waals surface area (Å²) in [5, 5.41) is 10.1. The summed E-state index contributed by atoms with van der Waals surface area (Å²) in [5.74, 6) is -10.1. The fraction of sp³-hybridized carbons (Fsp3) is 0.833. The summed E-state index contributed by atoms with van der Waals surface area (Å²) in [6.07, 6.45) is 0.657. The molecule has 0 aromatic rings. The van der Waals surface area contributed by atoms with Crippen LogP contribution in [0.1, 0.15) is 186 Å². The molecule has 1 saturated heterocycles. The molecule has 92 heavy (non-hydrogen) atoms. The second-order valence-corrected chi connectivity index (χ2v) is 29.2. The van der Waals surface area contributed by atoms with Crippen LogP contribution in [0.4, 0.5) is 13.2 Å². The number of carbonyl (C=O) groups is 11. The Bertz CT molecular complexity index is 2550. The van der Waals surface area contributed by atoms with Gasteiger partial charge in [0.15, 0.2) is 0 Å². The molecule has 26 heteroatoms. The Labute approximate surface area is 551 Å². The Hall–Kier alpha value is -5.75. The zero-order chi connectivity index (χ0) is 70.2. The van der Waals surface area contributed by atoms with Crippen molar-refractivity contribution in [3.05, 3.63) is 0 Å². The van der Waals surface area contributed by atoms with E-state index in [0.29, 0.717) is 6.42 Å². The third-order valence-corrected chi connectivity index (χ3v) is 20.0. The molecule has 526 valence electrons. The molecular weight excluding hydrogens is 1220 g/mol. The minimum atomic E-state index is -4.51. The number of likely N-dealkylation sites (N-methyl/N-ethyl adjacent to an activating group) is 7. The Morgan fingerprint density at radius 3 is 1.61 bits per heavy atom. The van der Waals surface area contributed by atoms with Crippen LogP contribution in [0.15, 0.2) is 0 Å². The minimum absolute atomic E-state index is 0.0117. The van der Waals surface area contributed by atoms with Gasteiger partial charge in [0.2, 0.25) is 65.0 Å². The first-order valence-electron chi connectivity index (χ1n) is 33.3. The minimum Gasteiger partial charge on any atom is -0.343 e. The first-order valence-corrected chi connectivity index (χ1v) is 33.7. The lowest BCUT2D eigenvalue weighted by Crippen LogP contribution is -2.63. The highest BCUT2D eigenvalue weighted by Crippen LogP contribution is 2.43. The van der Waals surface area contributed by atoms with Crippen LogP contribution in [0.25, 0.3) is 0 Å². The summed E-state index contributed by atoms with van der Waals surface area (Å²) >= 11 is 6.36. The van der Waals surface area contributed by atoms with Gasteiger partial charge in [-0.05, 0) is 121 Å². The molecule has 2 aliphatic carbocycles. The molecule has 0 bridgehead atoms. The van der Waals surface area contributed by atoms with Gasteiger partial charge in [0.1, 0.15) is 47.8 Å². The molecule has 2 saturated carbocycles. The first kappa shape index (κ1) is 80.5. The molecule has 0 aromatic carbocycles. The largest absolute Gasteiger partial charge is 0.393 e. The quantitative estimate of drug-likeness (QED) is 0.148. The summed E-state index contributed by atoms with van der Waals surface area (Å²) in [4.78, 5) is 169. The van der Waals surface area contributed by atoms with Crippen LogP contribution in [0, 0.1) is 41.4 Å². The average molecular weight is 1330 g/mol. The van der Waals surface area contributed by atoms with Gasteiger partial charge in [0, 0.05) is 67.2 Å². The molecule has 0 aromatic heterocycles.